The first kappa shape index (κ1) is 24.1. The maximum absolute atomic E-state index is 4.95. The van der Waals surface area contributed by atoms with E-state index in [1.807, 2.05) is 17.5 Å². The number of hydrogen-bond donors (Lipinski definition) is 1. The molecule has 0 amide bonds. The number of nitrogens with one attached hydrogen (secondary N) is 1. The van der Waals surface area contributed by atoms with Crippen LogP contribution >= 0.6 is 35.3 Å². The Labute approximate surface area is 207 Å². The molecule has 0 spiro atoms. The summed E-state index contributed by atoms with van der Waals surface area (Å²) in [6.07, 6.45) is 1.92. The van der Waals surface area contributed by atoms with E-state index in [1.165, 1.54) is 10.6 Å². The number of thiophene rings is 1. The summed E-state index contributed by atoms with van der Waals surface area (Å²) in [5.74, 6) is 2.09. The van der Waals surface area contributed by atoms with Crippen molar-refractivity contribution in [2.45, 2.75) is 13.5 Å². The molecule has 2 saturated heterocycles. The molecule has 2 aromatic rings. The Bertz CT molecular complexity index is 813. The van der Waals surface area contributed by atoms with Gasteiger partial charge in [-0.05, 0) is 49.2 Å². The summed E-state index contributed by atoms with van der Waals surface area (Å²) in [6.45, 7) is 12.0. The molecule has 9 heteroatoms. The SMILES string of the molecule is CCNC(=NCc1ccnc(N2CCN(C)CC2)c1)N1CCN(c2cccs2)CC1.I. The zero-order valence-corrected chi connectivity index (χ0v) is 21.7. The Morgan fingerprint density at radius 1 is 1.06 bits per heavy atom. The Morgan fingerprint density at radius 2 is 1.81 bits per heavy atom. The van der Waals surface area contributed by atoms with Crippen LogP contribution in [0.5, 0.6) is 0 Å². The maximum Gasteiger partial charge on any atom is 0.194 e. The fourth-order valence-corrected chi connectivity index (χ4v) is 4.73. The van der Waals surface area contributed by atoms with Gasteiger partial charge >= 0.3 is 0 Å². The van der Waals surface area contributed by atoms with E-state index < -0.39 is 0 Å². The van der Waals surface area contributed by atoms with Crippen LogP contribution in [0.2, 0.25) is 0 Å². The van der Waals surface area contributed by atoms with Gasteiger partial charge in [-0.25, -0.2) is 9.98 Å². The molecular weight excluding hydrogens is 521 g/mol. The molecule has 31 heavy (non-hydrogen) atoms. The molecule has 4 rings (SSSR count). The maximum atomic E-state index is 4.95. The fourth-order valence-electron chi connectivity index (χ4n) is 3.95. The number of piperazine rings is 2. The largest absolute Gasteiger partial charge is 0.360 e. The molecule has 1 N–H and O–H groups in total. The molecule has 0 bridgehead atoms. The molecule has 0 aromatic carbocycles. The van der Waals surface area contributed by atoms with Crippen molar-refractivity contribution in [3.63, 3.8) is 0 Å². The van der Waals surface area contributed by atoms with Crippen molar-refractivity contribution in [3.05, 3.63) is 41.4 Å². The molecule has 2 aromatic heterocycles. The highest BCUT2D eigenvalue weighted by Gasteiger charge is 2.20. The van der Waals surface area contributed by atoms with Crippen molar-refractivity contribution < 1.29 is 0 Å². The molecule has 0 saturated carbocycles. The van der Waals surface area contributed by atoms with Crippen LogP contribution in [0.1, 0.15) is 12.5 Å². The van der Waals surface area contributed by atoms with Crippen molar-refractivity contribution in [1.82, 2.24) is 20.1 Å². The third kappa shape index (κ3) is 6.45. The van der Waals surface area contributed by atoms with E-state index in [9.17, 15) is 0 Å². The van der Waals surface area contributed by atoms with Crippen LogP contribution in [-0.2, 0) is 6.54 Å². The van der Waals surface area contributed by atoms with Crippen molar-refractivity contribution in [2.75, 3.05) is 75.8 Å². The number of halogens is 1. The number of pyridine rings is 1. The summed E-state index contributed by atoms with van der Waals surface area (Å²) in [7, 11) is 2.18. The Hall–Kier alpha value is -1.59. The van der Waals surface area contributed by atoms with Crippen molar-refractivity contribution in [1.29, 1.82) is 0 Å². The van der Waals surface area contributed by atoms with Crippen LogP contribution in [0, 0.1) is 0 Å². The van der Waals surface area contributed by atoms with E-state index in [1.54, 1.807) is 0 Å². The van der Waals surface area contributed by atoms with Crippen molar-refractivity contribution in [2.24, 2.45) is 4.99 Å². The lowest BCUT2D eigenvalue weighted by atomic mass is 10.2. The van der Waals surface area contributed by atoms with E-state index in [0.717, 1.165) is 70.7 Å². The molecular formula is C22H34IN7S. The Balaban J connectivity index is 0.00000272. The van der Waals surface area contributed by atoms with Gasteiger partial charge < -0.3 is 24.9 Å². The Kier molecular flexibility index (Phi) is 9.21. The first-order valence-electron chi connectivity index (χ1n) is 10.9. The molecule has 2 aliphatic rings. The van der Waals surface area contributed by atoms with E-state index in [0.29, 0.717) is 6.54 Å². The lowest BCUT2D eigenvalue weighted by Gasteiger charge is -2.37. The van der Waals surface area contributed by atoms with E-state index in [2.05, 4.69) is 73.5 Å². The number of guanidine groups is 1. The topological polar surface area (TPSA) is 50.2 Å². The number of aliphatic imine (C=N–C) groups is 1. The fraction of sp³-hybridized carbons (Fsp3) is 0.545. The highest BCUT2D eigenvalue weighted by Crippen LogP contribution is 2.22. The van der Waals surface area contributed by atoms with Crippen LogP contribution in [0.3, 0.4) is 0 Å². The monoisotopic (exact) mass is 555 g/mol. The minimum absolute atomic E-state index is 0. The highest BCUT2D eigenvalue weighted by molar-refractivity contribution is 14.0. The second-order valence-electron chi connectivity index (χ2n) is 7.91. The first-order valence-corrected chi connectivity index (χ1v) is 11.8. The van der Waals surface area contributed by atoms with Crippen molar-refractivity contribution >= 4 is 52.1 Å². The number of nitrogens with zero attached hydrogens (tertiary/aromatic N) is 6. The van der Waals surface area contributed by atoms with Gasteiger partial charge in [-0.1, -0.05) is 0 Å². The van der Waals surface area contributed by atoms with Gasteiger partial charge in [0.2, 0.25) is 0 Å². The number of aromatic nitrogens is 1. The highest BCUT2D eigenvalue weighted by atomic mass is 127. The zero-order valence-electron chi connectivity index (χ0n) is 18.5. The van der Waals surface area contributed by atoms with E-state index in [4.69, 9.17) is 4.99 Å². The molecule has 170 valence electrons. The van der Waals surface area contributed by atoms with Gasteiger partial charge in [0.1, 0.15) is 5.82 Å². The summed E-state index contributed by atoms with van der Waals surface area (Å²) < 4.78 is 0. The zero-order chi connectivity index (χ0) is 20.8. The van der Waals surface area contributed by atoms with Crippen LogP contribution in [0.4, 0.5) is 10.8 Å². The normalized spacial score (nSPS) is 18.1. The smallest absolute Gasteiger partial charge is 0.194 e. The molecule has 4 heterocycles. The lowest BCUT2D eigenvalue weighted by molar-refractivity contribution is 0.312. The first-order chi connectivity index (χ1) is 14.7. The van der Waals surface area contributed by atoms with Crippen LogP contribution < -0.4 is 15.1 Å². The average Bonchev–Trinajstić information content (AvgIpc) is 3.32. The molecule has 2 aliphatic heterocycles. The molecule has 2 fully saturated rings. The van der Waals surface area contributed by atoms with Crippen LogP contribution in [0.15, 0.2) is 40.8 Å². The summed E-state index contributed by atoms with van der Waals surface area (Å²) >= 11 is 1.82. The minimum Gasteiger partial charge on any atom is -0.360 e. The molecule has 0 radical (unpaired) electrons. The lowest BCUT2D eigenvalue weighted by Crippen LogP contribution is -2.52. The number of likely N-dealkylation sites (N-methyl/N-ethyl adjacent to an activating group) is 1. The van der Waals surface area contributed by atoms with Gasteiger partial charge in [0, 0.05) is 65.1 Å². The summed E-state index contributed by atoms with van der Waals surface area (Å²) in [5.41, 5.74) is 1.21. The average molecular weight is 556 g/mol. The minimum atomic E-state index is 0. The van der Waals surface area contributed by atoms with Gasteiger partial charge in [0.05, 0.1) is 11.5 Å². The van der Waals surface area contributed by atoms with Crippen molar-refractivity contribution in [3.8, 4) is 0 Å². The van der Waals surface area contributed by atoms with Gasteiger partial charge in [0.25, 0.3) is 0 Å². The predicted octanol–water partition coefficient (Wildman–Crippen LogP) is 2.80. The molecule has 0 unspecified atom stereocenters. The third-order valence-electron chi connectivity index (χ3n) is 5.78. The van der Waals surface area contributed by atoms with Crippen LogP contribution in [-0.4, -0.2) is 86.7 Å². The van der Waals surface area contributed by atoms with Gasteiger partial charge in [0.15, 0.2) is 5.96 Å². The number of anilines is 2. The van der Waals surface area contributed by atoms with Gasteiger partial charge in [-0.15, -0.1) is 35.3 Å². The van der Waals surface area contributed by atoms with Gasteiger partial charge in [-0.2, -0.15) is 0 Å². The van der Waals surface area contributed by atoms with E-state index >= 15 is 0 Å². The standard InChI is InChI=1S/C22H33N7S.HI/c1-3-23-22(29-14-12-28(13-15-29)21-5-4-16-30-21)25-18-19-6-7-24-20(17-19)27-10-8-26(2)9-11-27;/h4-7,16-17H,3,8-15,18H2,1-2H3,(H,23,25);1H. The molecule has 0 aliphatic carbocycles. The quantitative estimate of drug-likeness (QED) is 0.348. The predicted molar refractivity (Wildman–Crippen MR) is 142 cm³/mol. The van der Waals surface area contributed by atoms with Crippen LogP contribution in [0.25, 0.3) is 0 Å². The summed E-state index contributed by atoms with van der Waals surface area (Å²) in [5, 5.41) is 7.00. The number of rotatable bonds is 5. The van der Waals surface area contributed by atoms with Gasteiger partial charge in [-0.3, -0.25) is 0 Å². The number of hydrogen-bond acceptors (Lipinski definition) is 6. The molecule has 7 nitrogen and oxygen atoms in total. The molecule has 0 atom stereocenters. The Morgan fingerprint density at radius 3 is 2.48 bits per heavy atom. The summed E-state index contributed by atoms with van der Waals surface area (Å²) in [6, 6.07) is 8.62. The third-order valence-corrected chi connectivity index (χ3v) is 6.71. The second-order valence-corrected chi connectivity index (χ2v) is 8.83. The van der Waals surface area contributed by atoms with E-state index in [-0.39, 0.29) is 24.0 Å². The summed E-state index contributed by atoms with van der Waals surface area (Å²) in [4.78, 5) is 19.2. The second kappa shape index (κ2) is 11.9.